The van der Waals surface area contributed by atoms with Crippen molar-refractivity contribution >= 4 is 17.4 Å². The molecule has 1 N–H and O–H groups in total. The van der Waals surface area contributed by atoms with Crippen molar-refractivity contribution in [1.29, 1.82) is 0 Å². The Morgan fingerprint density at radius 2 is 1.81 bits per heavy atom. The number of nitrogens with one attached hydrogen (secondary N) is 1. The Hall–Kier alpha value is -3.28. The number of urea groups is 1. The Labute approximate surface area is 158 Å². The molecule has 0 atom stereocenters. The lowest BCUT2D eigenvalue weighted by Crippen LogP contribution is -2.34. The quantitative estimate of drug-likeness (QED) is 0.686. The molecule has 0 radical (unpaired) electrons. The lowest BCUT2D eigenvalue weighted by Gasteiger charge is -2.23. The van der Waals surface area contributed by atoms with Crippen LogP contribution in [0.2, 0.25) is 0 Å². The molecule has 27 heavy (non-hydrogen) atoms. The third kappa shape index (κ3) is 5.10. The second-order valence-electron chi connectivity index (χ2n) is 6.44. The molecule has 2 aromatic carbocycles. The van der Waals surface area contributed by atoms with Gasteiger partial charge in [-0.25, -0.2) is 9.18 Å². The molecule has 0 fully saturated rings. The molecular weight excluding hydrogens is 345 g/mol. The van der Waals surface area contributed by atoms with Crippen LogP contribution in [0, 0.1) is 5.82 Å². The summed E-state index contributed by atoms with van der Waals surface area (Å²) in [4.78, 5) is 16.4. The molecule has 6 heteroatoms. The smallest absolute Gasteiger partial charge is 0.322 e. The maximum atomic E-state index is 13.4. The molecule has 0 aliphatic rings. The average Bonchev–Trinajstić information content (AvgIpc) is 3.15. The van der Waals surface area contributed by atoms with Gasteiger partial charge < -0.3 is 19.5 Å². The number of anilines is 2. The van der Waals surface area contributed by atoms with Crippen molar-refractivity contribution in [2.45, 2.75) is 13.1 Å². The maximum Gasteiger partial charge on any atom is 0.322 e. The topological polar surface area (TPSA) is 48.7 Å². The minimum Gasteiger partial charge on any atom is -0.467 e. The fraction of sp³-hybridized carbons (Fsp3) is 0.190. The first-order chi connectivity index (χ1) is 13.0. The van der Waals surface area contributed by atoms with Crippen LogP contribution in [0.4, 0.5) is 20.6 Å². The van der Waals surface area contributed by atoms with Crippen LogP contribution in [0.15, 0.2) is 71.3 Å². The minimum absolute atomic E-state index is 0.309. The van der Waals surface area contributed by atoms with Crippen LogP contribution in [-0.4, -0.2) is 25.0 Å². The number of nitrogens with zero attached hydrogens (tertiary/aromatic N) is 2. The molecule has 0 saturated heterocycles. The molecule has 0 aliphatic heterocycles. The second-order valence-corrected chi connectivity index (χ2v) is 6.44. The number of furan rings is 1. The van der Waals surface area contributed by atoms with Crippen molar-refractivity contribution in [1.82, 2.24) is 4.90 Å². The number of carbonyl (C=O) groups excluding carboxylic acids is 1. The van der Waals surface area contributed by atoms with Gasteiger partial charge in [0.2, 0.25) is 0 Å². The predicted octanol–water partition coefficient (Wildman–Crippen LogP) is 4.72. The van der Waals surface area contributed by atoms with E-state index >= 15 is 0 Å². The molecule has 0 aliphatic carbocycles. The van der Waals surface area contributed by atoms with Gasteiger partial charge in [-0.2, -0.15) is 0 Å². The van der Waals surface area contributed by atoms with E-state index in [0.29, 0.717) is 24.5 Å². The van der Waals surface area contributed by atoms with Crippen molar-refractivity contribution in [3.8, 4) is 0 Å². The van der Waals surface area contributed by atoms with E-state index < -0.39 is 5.82 Å². The predicted molar refractivity (Wildman–Crippen MR) is 104 cm³/mol. The number of rotatable bonds is 6. The summed E-state index contributed by atoms with van der Waals surface area (Å²) in [5.74, 6) is 0.277. The third-order valence-electron chi connectivity index (χ3n) is 4.12. The van der Waals surface area contributed by atoms with Gasteiger partial charge in [0.1, 0.15) is 11.6 Å². The number of amides is 2. The van der Waals surface area contributed by atoms with Crippen LogP contribution in [0.1, 0.15) is 11.3 Å². The van der Waals surface area contributed by atoms with Crippen molar-refractivity contribution in [3.05, 3.63) is 84.1 Å². The van der Waals surface area contributed by atoms with E-state index in [1.807, 2.05) is 49.3 Å². The van der Waals surface area contributed by atoms with E-state index in [4.69, 9.17) is 4.42 Å². The summed E-state index contributed by atoms with van der Waals surface area (Å²) in [7, 11) is 3.95. The Morgan fingerprint density at radius 3 is 2.44 bits per heavy atom. The molecule has 140 valence electrons. The highest BCUT2D eigenvalue weighted by atomic mass is 19.1. The molecule has 0 spiro atoms. The summed E-state index contributed by atoms with van der Waals surface area (Å²) >= 11 is 0. The Morgan fingerprint density at radius 1 is 1.04 bits per heavy atom. The average molecular weight is 367 g/mol. The molecule has 0 unspecified atom stereocenters. The van der Waals surface area contributed by atoms with E-state index in [9.17, 15) is 9.18 Å². The summed E-state index contributed by atoms with van der Waals surface area (Å²) in [6.45, 7) is 0.707. The first kappa shape index (κ1) is 18.5. The zero-order chi connectivity index (χ0) is 19.2. The van der Waals surface area contributed by atoms with Crippen LogP contribution >= 0.6 is 0 Å². The van der Waals surface area contributed by atoms with Gasteiger partial charge >= 0.3 is 6.03 Å². The summed E-state index contributed by atoms with van der Waals surface area (Å²) in [5, 5.41) is 2.74. The number of benzene rings is 2. The molecule has 3 aromatic rings. The maximum absolute atomic E-state index is 13.4. The van der Waals surface area contributed by atoms with Gasteiger partial charge in [-0.1, -0.05) is 18.2 Å². The number of carbonyl (C=O) groups is 1. The van der Waals surface area contributed by atoms with Crippen LogP contribution in [0.3, 0.4) is 0 Å². The fourth-order valence-electron chi connectivity index (χ4n) is 2.68. The normalized spacial score (nSPS) is 10.5. The summed E-state index contributed by atoms with van der Waals surface area (Å²) < 4.78 is 18.8. The van der Waals surface area contributed by atoms with Gasteiger partial charge in [0, 0.05) is 32.0 Å². The van der Waals surface area contributed by atoms with Gasteiger partial charge in [-0.15, -0.1) is 0 Å². The van der Waals surface area contributed by atoms with Gasteiger partial charge in [0.15, 0.2) is 0 Å². The zero-order valence-electron chi connectivity index (χ0n) is 15.4. The summed E-state index contributed by atoms with van der Waals surface area (Å²) in [5.41, 5.74) is 2.48. The highest BCUT2D eigenvalue weighted by molar-refractivity contribution is 5.89. The molecule has 1 aromatic heterocycles. The van der Waals surface area contributed by atoms with Gasteiger partial charge in [0.25, 0.3) is 0 Å². The number of hydrogen-bond acceptors (Lipinski definition) is 3. The second kappa shape index (κ2) is 8.40. The van der Waals surface area contributed by atoms with Crippen LogP contribution < -0.4 is 10.2 Å². The molecule has 0 saturated carbocycles. The van der Waals surface area contributed by atoms with Crippen molar-refractivity contribution in [3.63, 3.8) is 0 Å². The van der Waals surface area contributed by atoms with E-state index in [1.54, 1.807) is 29.4 Å². The highest BCUT2D eigenvalue weighted by Gasteiger charge is 2.16. The monoisotopic (exact) mass is 367 g/mol. The minimum atomic E-state index is -0.398. The van der Waals surface area contributed by atoms with Gasteiger partial charge in [-0.05, 0) is 48.0 Å². The third-order valence-corrected chi connectivity index (χ3v) is 4.12. The van der Waals surface area contributed by atoms with E-state index in [-0.39, 0.29) is 6.03 Å². The first-order valence-corrected chi connectivity index (χ1v) is 8.61. The Kier molecular flexibility index (Phi) is 5.76. The van der Waals surface area contributed by atoms with Crippen LogP contribution in [0.5, 0.6) is 0 Å². The highest BCUT2D eigenvalue weighted by Crippen LogP contribution is 2.17. The molecule has 0 bridgehead atoms. The van der Waals surface area contributed by atoms with E-state index in [0.717, 1.165) is 11.3 Å². The SMILES string of the molecule is CN(C)c1ccc(CN(Cc2ccco2)C(=O)Nc2cccc(F)c2)cc1. The number of hydrogen-bond donors (Lipinski definition) is 1. The van der Waals surface area contributed by atoms with Crippen LogP contribution in [-0.2, 0) is 13.1 Å². The lowest BCUT2D eigenvalue weighted by atomic mass is 10.2. The van der Waals surface area contributed by atoms with Crippen molar-refractivity contribution < 1.29 is 13.6 Å². The zero-order valence-corrected chi connectivity index (χ0v) is 15.4. The van der Waals surface area contributed by atoms with Crippen LogP contribution in [0.25, 0.3) is 0 Å². The van der Waals surface area contributed by atoms with Gasteiger partial charge in [-0.3, -0.25) is 0 Å². The Balaban J connectivity index is 1.76. The largest absolute Gasteiger partial charge is 0.467 e. The molecule has 3 rings (SSSR count). The molecule has 5 nitrogen and oxygen atoms in total. The standard InChI is InChI=1S/C21H22FN3O2/c1-24(2)19-10-8-16(9-11-19)14-25(15-20-7-4-12-27-20)21(26)23-18-6-3-5-17(22)13-18/h3-13H,14-15H2,1-2H3,(H,23,26). The van der Waals surface area contributed by atoms with Crippen molar-refractivity contribution in [2.24, 2.45) is 0 Å². The molecule has 2 amide bonds. The van der Waals surface area contributed by atoms with E-state index in [1.165, 1.54) is 12.1 Å². The molecule has 1 heterocycles. The summed E-state index contributed by atoms with van der Waals surface area (Å²) in [6, 6.07) is 17.1. The first-order valence-electron chi connectivity index (χ1n) is 8.61. The number of halogens is 1. The lowest BCUT2D eigenvalue weighted by molar-refractivity contribution is 0.201. The Bertz CT molecular complexity index is 877. The fourth-order valence-corrected chi connectivity index (χ4v) is 2.68. The summed E-state index contributed by atoms with van der Waals surface area (Å²) in [6.07, 6.45) is 1.57. The van der Waals surface area contributed by atoms with Gasteiger partial charge in [0.05, 0.1) is 12.8 Å². The van der Waals surface area contributed by atoms with E-state index in [2.05, 4.69) is 5.32 Å². The van der Waals surface area contributed by atoms with Crippen molar-refractivity contribution in [2.75, 3.05) is 24.3 Å². The molecular formula is C21H22FN3O2.